The molecule has 12 heavy (non-hydrogen) atoms. The number of rotatable bonds is 5. The lowest BCUT2D eigenvalue weighted by Crippen LogP contribution is -2.50. The molecule has 0 rings (SSSR count). The molecule has 72 valence electrons. The minimum Gasteiger partial charge on any atom is -0.465 e. The zero-order valence-corrected chi connectivity index (χ0v) is 7.76. The Bertz CT molecular complexity index is 150. The van der Waals surface area contributed by atoms with E-state index in [9.17, 15) is 4.79 Å². The van der Waals surface area contributed by atoms with Crippen molar-refractivity contribution in [3.8, 4) is 0 Å². The Morgan fingerprint density at radius 3 is 2.58 bits per heavy atom. The third kappa shape index (κ3) is 4.18. The molecular weight excluding hydrogens is 156 g/mol. The summed E-state index contributed by atoms with van der Waals surface area (Å²) in [4.78, 5) is 10.4. The highest BCUT2D eigenvalue weighted by Crippen LogP contribution is 2.11. The molecule has 0 unspecified atom stereocenters. The number of carboxylic acid groups (broad SMARTS) is 1. The maximum atomic E-state index is 10.4. The van der Waals surface area contributed by atoms with Gasteiger partial charge in [0.05, 0.1) is 5.54 Å². The Morgan fingerprint density at radius 2 is 2.25 bits per heavy atom. The Labute approximate surface area is 73.1 Å². The molecular formula is C8H18N2O2. The van der Waals surface area contributed by atoms with E-state index in [4.69, 9.17) is 10.8 Å². The van der Waals surface area contributed by atoms with E-state index < -0.39 is 11.6 Å². The number of carbonyl (C=O) groups is 1. The van der Waals surface area contributed by atoms with Gasteiger partial charge in [-0.25, -0.2) is 4.79 Å². The molecule has 0 bridgehead atoms. The molecule has 0 saturated heterocycles. The van der Waals surface area contributed by atoms with Gasteiger partial charge in [-0.3, -0.25) is 0 Å². The number of unbranched alkanes of at least 4 members (excludes halogenated alkanes) is 1. The van der Waals surface area contributed by atoms with Crippen LogP contribution in [0, 0.1) is 0 Å². The summed E-state index contributed by atoms with van der Waals surface area (Å²) in [6.07, 6.45) is 1.84. The molecule has 4 N–H and O–H groups in total. The minimum absolute atomic E-state index is 0.347. The number of hydrogen-bond acceptors (Lipinski definition) is 2. The van der Waals surface area contributed by atoms with Crippen LogP contribution in [0.3, 0.4) is 0 Å². The molecule has 0 aromatic rings. The number of hydrogen-bond donors (Lipinski definition) is 3. The average Bonchev–Trinajstić information content (AvgIpc) is 2.00. The topological polar surface area (TPSA) is 75.3 Å². The lowest BCUT2D eigenvalue weighted by atomic mass is 9.95. The second kappa shape index (κ2) is 4.98. The van der Waals surface area contributed by atoms with E-state index in [0.717, 1.165) is 19.3 Å². The van der Waals surface area contributed by atoms with E-state index >= 15 is 0 Å². The van der Waals surface area contributed by atoms with E-state index in [0.29, 0.717) is 6.54 Å². The Morgan fingerprint density at radius 1 is 1.67 bits per heavy atom. The first-order chi connectivity index (χ1) is 5.54. The summed E-state index contributed by atoms with van der Waals surface area (Å²) in [5.41, 5.74) is 5.01. The molecule has 4 heteroatoms. The third-order valence-corrected chi connectivity index (χ3v) is 1.94. The van der Waals surface area contributed by atoms with Gasteiger partial charge in [0.15, 0.2) is 0 Å². The summed E-state index contributed by atoms with van der Waals surface area (Å²) in [7, 11) is 0. The van der Waals surface area contributed by atoms with Crippen LogP contribution in [-0.2, 0) is 0 Å². The largest absolute Gasteiger partial charge is 0.465 e. The summed E-state index contributed by atoms with van der Waals surface area (Å²) in [6.45, 7) is 4.24. The molecule has 0 aliphatic rings. The monoisotopic (exact) mass is 174 g/mol. The van der Waals surface area contributed by atoms with Crippen LogP contribution >= 0.6 is 0 Å². The molecule has 1 atom stereocenters. The SMILES string of the molecule is CCCC[C@](C)(CN)NC(=O)O. The van der Waals surface area contributed by atoms with Gasteiger partial charge in [0.1, 0.15) is 0 Å². The Balaban J connectivity index is 3.95. The smallest absolute Gasteiger partial charge is 0.405 e. The minimum atomic E-state index is -1.00. The van der Waals surface area contributed by atoms with Crippen LogP contribution in [0.25, 0.3) is 0 Å². The normalized spacial score (nSPS) is 15.2. The molecule has 0 aromatic carbocycles. The summed E-state index contributed by atoms with van der Waals surface area (Å²) in [5, 5.41) is 10.9. The first kappa shape index (κ1) is 11.2. The van der Waals surface area contributed by atoms with Crippen molar-refractivity contribution in [1.82, 2.24) is 5.32 Å². The van der Waals surface area contributed by atoms with Crippen LogP contribution in [0.2, 0.25) is 0 Å². The summed E-state index contributed by atoms with van der Waals surface area (Å²) >= 11 is 0. The van der Waals surface area contributed by atoms with Gasteiger partial charge in [-0.05, 0) is 13.3 Å². The van der Waals surface area contributed by atoms with Gasteiger partial charge in [0.25, 0.3) is 0 Å². The summed E-state index contributed by atoms with van der Waals surface area (Å²) < 4.78 is 0. The lowest BCUT2D eigenvalue weighted by molar-refractivity contribution is 0.178. The fourth-order valence-electron chi connectivity index (χ4n) is 1.04. The molecule has 0 aromatic heterocycles. The zero-order chi connectivity index (χ0) is 9.61. The first-order valence-corrected chi connectivity index (χ1v) is 4.25. The van der Waals surface area contributed by atoms with Crippen molar-refractivity contribution in [2.75, 3.05) is 6.54 Å². The van der Waals surface area contributed by atoms with Crippen LogP contribution in [0.1, 0.15) is 33.1 Å². The van der Waals surface area contributed by atoms with Crippen LogP contribution in [0.4, 0.5) is 4.79 Å². The molecule has 0 fully saturated rings. The second-order valence-corrected chi connectivity index (χ2v) is 3.30. The number of nitrogens with two attached hydrogens (primary N) is 1. The van der Waals surface area contributed by atoms with Crippen LogP contribution < -0.4 is 11.1 Å². The van der Waals surface area contributed by atoms with Crippen molar-refractivity contribution in [1.29, 1.82) is 0 Å². The molecule has 0 aliphatic carbocycles. The lowest BCUT2D eigenvalue weighted by Gasteiger charge is -2.27. The fraction of sp³-hybridized carbons (Fsp3) is 0.875. The second-order valence-electron chi connectivity index (χ2n) is 3.30. The molecule has 0 saturated carbocycles. The van der Waals surface area contributed by atoms with Crippen molar-refractivity contribution in [2.45, 2.75) is 38.6 Å². The van der Waals surface area contributed by atoms with E-state index in [1.807, 2.05) is 6.92 Å². The molecule has 0 aliphatic heterocycles. The highest BCUT2D eigenvalue weighted by atomic mass is 16.4. The average molecular weight is 174 g/mol. The predicted octanol–water partition coefficient (Wildman–Crippen LogP) is 1.16. The van der Waals surface area contributed by atoms with E-state index in [-0.39, 0.29) is 0 Å². The number of nitrogens with one attached hydrogen (secondary N) is 1. The first-order valence-electron chi connectivity index (χ1n) is 4.25. The van der Waals surface area contributed by atoms with Crippen molar-refractivity contribution in [2.24, 2.45) is 5.73 Å². The van der Waals surface area contributed by atoms with Gasteiger partial charge in [0, 0.05) is 6.54 Å². The van der Waals surface area contributed by atoms with Crippen LogP contribution in [-0.4, -0.2) is 23.3 Å². The van der Waals surface area contributed by atoms with Gasteiger partial charge in [-0.2, -0.15) is 0 Å². The van der Waals surface area contributed by atoms with Gasteiger partial charge < -0.3 is 16.2 Å². The summed E-state index contributed by atoms with van der Waals surface area (Å²) in [6, 6.07) is 0. The van der Waals surface area contributed by atoms with E-state index in [2.05, 4.69) is 12.2 Å². The molecule has 1 amide bonds. The standard InChI is InChI=1S/C8H18N2O2/c1-3-4-5-8(2,6-9)10-7(11)12/h10H,3-6,9H2,1-2H3,(H,11,12)/t8-/m1/s1. The molecule has 0 spiro atoms. The maximum absolute atomic E-state index is 10.4. The van der Waals surface area contributed by atoms with Gasteiger partial charge in [-0.15, -0.1) is 0 Å². The number of amides is 1. The highest BCUT2D eigenvalue weighted by molar-refractivity contribution is 5.65. The highest BCUT2D eigenvalue weighted by Gasteiger charge is 2.23. The maximum Gasteiger partial charge on any atom is 0.405 e. The van der Waals surface area contributed by atoms with Gasteiger partial charge in [-0.1, -0.05) is 19.8 Å². The van der Waals surface area contributed by atoms with E-state index in [1.165, 1.54) is 0 Å². The molecule has 0 radical (unpaired) electrons. The van der Waals surface area contributed by atoms with Crippen molar-refractivity contribution in [3.05, 3.63) is 0 Å². The van der Waals surface area contributed by atoms with Gasteiger partial charge >= 0.3 is 6.09 Å². The molecule has 0 heterocycles. The van der Waals surface area contributed by atoms with Crippen molar-refractivity contribution in [3.63, 3.8) is 0 Å². The quantitative estimate of drug-likeness (QED) is 0.585. The zero-order valence-electron chi connectivity index (χ0n) is 7.76. The van der Waals surface area contributed by atoms with Crippen LogP contribution in [0.5, 0.6) is 0 Å². The predicted molar refractivity (Wildman–Crippen MR) is 48.1 cm³/mol. The third-order valence-electron chi connectivity index (χ3n) is 1.94. The van der Waals surface area contributed by atoms with Crippen molar-refractivity contribution >= 4 is 6.09 Å². The van der Waals surface area contributed by atoms with Gasteiger partial charge in [0.2, 0.25) is 0 Å². The Hall–Kier alpha value is -0.770. The van der Waals surface area contributed by atoms with Crippen molar-refractivity contribution < 1.29 is 9.90 Å². The fourth-order valence-corrected chi connectivity index (χ4v) is 1.04. The summed E-state index contributed by atoms with van der Waals surface area (Å²) in [5.74, 6) is 0. The Kier molecular flexibility index (Phi) is 4.66. The molecule has 4 nitrogen and oxygen atoms in total. The van der Waals surface area contributed by atoms with E-state index in [1.54, 1.807) is 0 Å². The van der Waals surface area contributed by atoms with Crippen LogP contribution in [0.15, 0.2) is 0 Å².